The first kappa shape index (κ1) is 22.0. The van der Waals surface area contributed by atoms with Gasteiger partial charge in [-0.05, 0) is 69.2 Å². The number of carbonyl (C=O) groups is 2. The Labute approximate surface area is 182 Å². The van der Waals surface area contributed by atoms with Crippen LogP contribution in [0, 0.1) is 23.2 Å². The second kappa shape index (κ2) is 9.44. The number of nitrogens with zero attached hydrogens (tertiary/aromatic N) is 2. The third-order valence-electron chi connectivity index (χ3n) is 5.73. The summed E-state index contributed by atoms with van der Waals surface area (Å²) in [7, 11) is 1.35. The second-order valence-electron chi connectivity index (χ2n) is 8.27. The maximum Gasteiger partial charge on any atom is 0.340 e. The largest absolute Gasteiger partial charge is 0.465 e. The number of ether oxygens (including phenoxy) is 1. The molecule has 6 heteroatoms. The van der Waals surface area contributed by atoms with Crippen LogP contribution < -0.4 is 4.90 Å². The molecule has 0 spiro atoms. The molecule has 1 aliphatic rings. The highest BCUT2D eigenvalue weighted by atomic mass is 32.1. The minimum atomic E-state index is -0.459. The van der Waals surface area contributed by atoms with E-state index < -0.39 is 5.97 Å². The fourth-order valence-electron chi connectivity index (χ4n) is 3.99. The molecule has 0 radical (unpaired) electrons. The SMILES string of the molecule is COC(=O)c1cc(-c2cccc(C#N)c2)sc1N(C(=O)[C@H]1CC[C@H](C)CC1)C(C)C. The predicted octanol–water partition coefficient (Wildman–Crippen LogP) is 5.64. The Morgan fingerprint density at radius 1 is 1.20 bits per heavy atom. The molecule has 0 N–H and O–H groups in total. The Bertz CT molecular complexity index is 965. The molecule has 1 aromatic heterocycles. The van der Waals surface area contributed by atoms with Crippen LogP contribution in [0.5, 0.6) is 0 Å². The number of anilines is 1. The van der Waals surface area contributed by atoms with Crippen molar-refractivity contribution in [3.8, 4) is 16.5 Å². The van der Waals surface area contributed by atoms with Gasteiger partial charge < -0.3 is 9.64 Å². The lowest BCUT2D eigenvalue weighted by molar-refractivity contribution is -0.123. The van der Waals surface area contributed by atoms with E-state index in [9.17, 15) is 14.9 Å². The van der Waals surface area contributed by atoms with Gasteiger partial charge in [0.2, 0.25) is 5.91 Å². The van der Waals surface area contributed by atoms with Crippen molar-refractivity contribution < 1.29 is 14.3 Å². The highest BCUT2D eigenvalue weighted by molar-refractivity contribution is 7.20. The van der Waals surface area contributed by atoms with Gasteiger partial charge in [0.05, 0.1) is 24.3 Å². The zero-order valence-electron chi connectivity index (χ0n) is 18.0. The fourth-order valence-corrected chi connectivity index (χ4v) is 5.27. The summed E-state index contributed by atoms with van der Waals surface area (Å²) in [5.74, 6) is 0.273. The van der Waals surface area contributed by atoms with Crippen molar-refractivity contribution in [2.45, 2.75) is 52.5 Å². The van der Waals surface area contributed by atoms with Crippen LogP contribution >= 0.6 is 11.3 Å². The molecule has 0 unspecified atom stereocenters. The number of nitriles is 1. The minimum absolute atomic E-state index is 0.0124. The Balaban J connectivity index is 2.04. The summed E-state index contributed by atoms with van der Waals surface area (Å²) in [5, 5.41) is 9.84. The molecule has 5 nitrogen and oxygen atoms in total. The van der Waals surface area contributed by atoms with Crippen molar-refractivity contribution in [3.63, 3.8) is 0 Å². The van der Waals surface area contributed by atoms with Gasteiger partial charge in [0, 0.05) is 16.8 Å². The summed E-state index contributed by atoms with van der Waals surface area (Å²) >= 11 is 1.40. The van der Waals surface area contributed by atoms with Crippen LogP contribution in [0.1, 0.15) is 62.4 Å². The number of esters is 1. The van der Waals surface area contributed by atoms with E-state index in [1.165, 1.54) is 18.4 Å². The molecule has 1 heterocycles. The van der Waals surface area contributed by atoms with Gasteiger partial charge in [0.25, 0.3) is 0 Å². The number of benzene rings is 1. The Morgan fingerprint density at radius 2 is 1.90 bits per heavy atom. The zero-order chi connectivity index (χ0) is 21.8. The van der Waals surface area contributed by atoms with E-state index in [1.807, 2.05) is 26.0 Å². The molecule has 0 aliphatic heterocycles. The van der Waals surface area contributed by atoms with E-state index in [4.69, 9.17) is 4.74 Å². The molecule has 0 bridgehead atoms. The van der Waals surface area contributed by atoms with Crippen LogP contribution in [0.4, 0.5) is 5.00 Å². The molecule has 30 heavy (non-hydrogen) atoms. The first-order valence-electron chi connectivity index (χ1n) is 10.4. The van der Waals surface area contributed by atoms with Crippen LogP contribution in [-0.2, 0) is 9.53 Å². The average Bonchev–Trinajstić information content (AvgIpc) is 3.18. The number of thiophene rings is 1. The fraction of sp³-hybridized carbons (Fsp3) is 0.458. The van der Waals surface area contributed by atoms with E-state index in [-0.39, 0.29) is 17.9 Å². The predicted molar refractivity (Wildman–Crippen MR) is 120 cm³/mol. The van der Waals surface area contributed by atoms with Crippen molar-refractivity contribution >= 4 is 28.2 Å². The quantitative estimate of drug-likeness (QED) is 0.582. The third-order valence-corrected chi connectivity index (χ3v) is 6.92. The molecule has 1 amide bonds. The number of amides is 1. The van der Waals surface area contributed by atoms with Crippen LogP contribution in [-0.4, -0.2) is 25.0 Å². The van der Waals surface area contributed by atoms with E-state index >= 15 is 0 Å². The Kier molecular flexibility index (Phi) is 6.94. The van der Waals surface area contributed by atoms with Gasteiger partial charge in [-0.3, -0.25) is 4.79 Å². The van der Waals surface area contributed by atoms with Crippen molar-refractivity contribution in [2.75, 3.05) is 12.0 Å². The summed E-state index contributed by atoms with van der Waals surface area (Å²) in [6.45, 7) is 6.18. The van der Waals surface area contributed by atoms with E-state index in [2.05, 4.69) is 13.0 Å². The number of hydrogen-bond acceptors (Lipinski definition) is 5. The summed E-state index contributed by atoms with van der Waals surface area (Å²) in [6.07, 6.45) is 3.89. The van der Waals surface area contributed by atoms with Gasteiger partial charge in [0.1, 0.15) is 5.00 Å². The molecular formula is C24H28N2O3S. The van der Waals surface area contributed by atoms with Crippen LogP contribution in [0.2, 0.25) is 0 Å². The van der Waals surface area contributed by atoms with Gasteiger partial charge in [-0.15, -0.1) is 11.3 Å². The topological polar surface area (TPSA) is 70.4 Å². The molecule has 158 valence electrons. The summed E-state index contributed by atoms with van der Waals surface area (Å²) in [5.41, 5.74) is 1.79. The summed E-state index contributed by atoms with van der Waals surface area (Å²) < 4.78 is 5.02. The average molecular weight is 425 g/mol. The number of methoxy groups -OCH3 is 1. The van der Waals surface area contributed by atoms with E-state index in [0.29, 0.717) is 22.0 Å². The third kappa shape index (κ3) is 4.57. The molecule has 0 saturated heterocycles. The number of carbonyl (C=O) groups excluding carboxylic acids is 2. The van der Waals surface area contributed by atoms with E-state index in [1.54, 1.807) is 23.1 Å². The highest BCUT2D eigenvalue weighted by Gasteiger charge is 2.33. The molecular weight excluding hydrogens is 396 g/mol. The van der Waals surface area contributed by atoms with Gasteiger partial charge in [-0.2, -0.15) is 5.26 Å². The molecule has 1 aliphatic carbocycles. The normalized spacial score (nSPS) is 18.7. The molecule has 3 rings (SSSR count). The Morgan fingerprint density at radius 3 is 2.50 bits per heavy atom. The Hall–Kier alpha value is -2.65. The number of rotatable bonds is 5. The molecule has 0 atom stereocenters. The van der Waals surface area contributed by atoms with Crippen LogP contribution in [0.25, 0.3) is 10.4 Å². The van der Waals surface area contributed by atoms with Crippen molar-refractivity contribution in [3.05, 3.63) is 41.5 Å². The molecule has 1 fully saturated rings. The van der Waals surface area contributed by atoms with Crippen LogP contribution in [0.15, 0.2) is 30.3 Å². The summed E-state index contributed by atoms with van der Waals surface area (Å²) in [4.78, 5) is 28.7. The monoisotopic (exact) mass is 424 g/mol. The maximum atomic E-state index is 13.5. The van der Waals surface area contributed by atoms with Crippen molar-refractivity contribution in [2.24, 2.45) is 11.8 Å². The highest BCUT2D eigenvalue weighted by Crippen LogP contribution is 2.41. The maximum absolute atomic E-state index is 13.5. The zero-order valence-corrected chi connectivity index (χ0v) is 18.8. The van der Waals surface area contributed by atoms with Gasteiger partial charge in [-0.25, -0.2) is 4.79 Å². The molecule has 1 saturated carbocycles. The lowest BCUT2D eigenvalue weighted by Gasteiger charge is -2.33. The van der Waals surface area contributed by atoms with E-state index in [0.717, 1.165) is 36.1 Å². The lowest BCUT2D eigenvalue weighted by Crippen LogP contribution is -2.42. The molecule has 2 aromatic rings. The van der Waals surface area contributed by atoms with Gasteiger partial charge in [0.15, 0.2) is 0 Å². The first-order chi connectivity index (χ1) is 14.3. The smallest absolute Gasteiger partial charge is 0.340 e. The van der Waals surface area contributed by atoms with Crippen molar-refractivity contribution in [1.82, 2.24) is 0 Å². The van der Waals surface area contributed by atoms with Crippen molar-refractivity contribution in [1.29, 1.82) is 5.26 Å². The minimum Gasteiger partial charge on any atom is -0.465 e. The first-order valence-corrected chi connectivity index (χ1v) is 11.2. The van der Waals surface area contributed by atoms with Gasteiger partial charge >= 0.3 is 5.97 Å². The summed E-state index contributed by atoms with van der Waals surface area (Å²) in [6, 6.07) is 11.1. The molecule has 1 aromatic carbocycles. The number of hydrogen-bond donors (Lipinski definition) is 0. The lowest BCUT2D eigenvalue weighted by atomic mass is 9.82. The second-order valence-corrected chi connectivity index (χ2v) is 9.30. The standard InChI is InChI=1S/C24H28N2O3S/c1-15(2)26(22(27)18-10-8-16(3)9-11-18)23-20(24(28)29-4)13-21(30-23)19-7-5-6-17(12-19)14-25/h5-7,12-13,15-16,18H,8-11H2,1-4H3/t16-,18-. The van der Waals surface area contributed by atoms with Crippen LogP contribution in [0.3, 0.4) is 0 Å². The van der Waals surface area contributed by atoms with Gasteiger partial charge in [-0.1, -0.05) is 19.1 Å².